The van der Waals surface area contributed by atoms with E-state index in [1.807, 2.05) is 23.1 Å². The zero-order chi connectivity index (χ0) is 20.6. The van der Waals surface area contributed by atoms with Crippen LogP contribution in [0.5, 0.6) is 11.5 Å². The third kappa shape index (κ3) is 5.73. The summed E-state index contributed by atoms with van der Waals surface area (Å²) >= 11 is 0. The Hall–Kier alpha value is -2.53. The minimum absolute atomic E-state index is 0.284. The van der Waals surface area contributed by atoms with Gasteiger partial charge in [-0.2, -0.15) is 0 Å². The second-order valence-corrected chi connectivity index (χ2v) is 7.75. The molecular weight excluding hydrogens is 364 g/mol. The van der Waals surface area contributed by atoms with Crippen molar-refractivity contribution in [1.29, 1.82) is 0 Å². The predicted molar refractivity (Wildman–Crippen MR) is 116 cm³/mol. The van der Waals surface area contributed by atoms with Crippen LogP contribution in [0.15, 0.2) is 48.5 Å². The van der Waals surface area contributed by atoms with Gasteiger partial charge in [0, 0.05) is 32.0 Å². The van der Waals surface area contributed by atoms with Gasteiger partial charge in [-0.1, -0.05) is 36.4 Å². The smallest absolute Gasteiger partial charge is 0.223 e. The second kappa shape index (κ2) is 10.3. The fraction of sp³-hybridized carbons (Fsp3) is 0.458. The highest BCUT2D eigenvalue weighted by molar-refractivity contribution is 5.79. The molecule has 0 aliphatic carbocycles. The number of benzene rings is 2. The number of methoxy groups -OCH3 is 2. The summed E-state index contributed by atoms with van der Waals surface area (Å²) in [5, 5.41) is 0. The highest BCUT2D eigenvalue weighted by atomic mass is 16.5. The van der Waals surface area contributed by atoms with E-state index >= 15 is 0 Å². The maximum Gasteiger partial charge on any atom is 0.223 e. The van der Waals surface area contributed by atoms with Crippen LogP contribution in [0.2, 0.25) is 0 Å². The first kappa shape index (κ1) is 21.2. The zero-order valence-corrected chi connectivity index (χ0v) is 17.8. The van der Waals surface area contributed by atoms with E-state index < -0.39 is 0 Å². The van der Waals surface area contributed by atoms with Gasteiger partial charge in [0.2, 0.25) is 5.91 Å². The Morgan fingerprint density at radius 1 is 1.03 bits per heavy atom. The molecular formula is C24H32N2O3. The van der Waals surface area contributed by atoms with Crippen LogP contribution in [0.3, 0.4) is 0 Å². The number of likely N-dealkylation sites (N-methyl/N-ethyl adjacent to an activating group) is 1. The molecule has 0 spiro atoms. The van der Waals surface area contributed by atoms with Crippen molar-refractivity contribution < 1.29 is 14.3 Å². The van der Waals surface area contributed by atoms with Gasteiger partial charge >= 0.3 is 0 Å². The Kier molecular flexibility index (Phi) is 7.53. The number of amides is 1. The molecule has 156 valence electrons. The molecule has 0 unspecified atom stereocenters. The minimum Gasteiger partial charge on any atom is -0.493 e. The lowest BCUT2D eigenvalue weighted by Crippen LogP contribution is -2.30. The first-order chi connectivity index (χ1) is 14.1. The monoisotopic (exact) mass is 396 g/mol. The number of carbonyl (C=O) groups is 1. The third-order valence-corrected chi connectivity index (χ3v) is 5.68. The van der Waals surface area contributed by atoms with Crippen LogP contribution in [0.1, 0.15) is 29.9 Å². The first-order valence-electron chi connectivity index (χ1n) is 10.3. The van der Waals surface area contributed by atoms with E-state index in [0.717, 1.165) is 50.5 Å². The van der Waals surface area contributed by atoms with Gasteiger partial charge in [-0.25, -0.2) is 0 Å². The number of nitrogens with zero attached hydrogens (tertiary/aromatic N) is 2. The lowest BCUT2D eigenvalue weighted by molar-refractivity contribution is -0.127. The molecule has 1 aliphatic rings. The van der Waals surface area contributed by atoms with Gasteiger partial charge < -0.3 is 19.3 Å². The Labute approximate surface area is 174 Å². The van der Waals surface area contributed by atoms with Crippen molar-refractivity contribution in [3.8, 4) is 11.5 Å². The number of hydrogen-bond acceptors (Lipinski definition) is 4. The fourth-order valence-electron chi connectivity index (χ4n) is 3.94. The highest BCUT2D eigenvalue weighted by Gasteiger charge is 2.29. The average Bonchev–Trinajstić information content (AvgIpc) is 3.13. The molecule has 29 heavy (non-hydrogen) atoms. The molecule has 0 saturated carbocycles. The Morgan fingerprint density at radius 2 is 1.79 bits per heavy atom. The number of likely N-dealkylation sites (tertiary alicyclic amines) is 1. The molecule has 1 aliphatic heterocycles. The lowest BCUT2D eigenvalue weighted by atomic mass is 9.99. The standard InChI is InChI=1S/C24H32N2O3/c1-25(15-12-19-10-11-22(28-2)23(16-19)29-3)13-7-14-26-18-21(17-24(26)27)20-8-5-4-6-9-20/h4-6,8-11,16,21H,7,12-15,17-18H2,1-3H3/t21-/m1/s1. The normalized spacial score (nSPS) is 16.5. The van der Waals surface area contributed by atoms with Gasteiger partial charge in [0.1, 0.15) is 0 Å². The minimum atomic E-state index is 0.284. The maximum absolute atomic E-state index is 12.3. The van der Waals surface area contributed by atoms with E-state index in [2.05, 4.69) is 42.3 Å². The zero-order valence-electron chi connectivity index (χ0n) is 17.8. The predicted octanol–water partition coefficient (Wildman–Crippen LogP) is 3.58. The van der Waals surface area contributed by atoms with Crippen molar-refractivity contribution in [2.24, 2.45) is 0 Å². The topological polar surface area (TPSA) is 42.0 Å². The van der Waals surface area contributed by atoms with Crippen molar-refractivity contribution >= 4 is 5.91 Å². The van der Waals surface area contributed by atoms with Gasteiger partial charge in [0.15, 0.2) is 11.5 Å². The van der Waals surface area contributed by atoms with E-state index in [0.29, 0.717) is 12.3 Å². The van der Waals surface area contributed by atoms with Gasteiger partial charge in [0.25, 0.3) is 0 Å². The molecule has 1 fully saturated rings. The van der Waals surface area contributed by atoms with Crippen LogP contribution < -0.4 is 9.47 Å². The highest BCUT2D eigenvalue weighted by Crippen LogP contribution is 2.28. The van der Waals surface area contributed by atoms with E-state index in [1.54, 1.807) is 14.2 Å². The number of hydrogen-bond donors (Lipinski definition) is 0. The summed E-state index contributed by atoms with van der Waals surface area (Å²) in [5.74, 6) is 2.15. The van der Waals surface area contributed by atoms with E-state index in [9.17, 15) is 4.79 Å². The molecule has 0 radical (unpaired) electrons. The quantitative estimate of drug-likeness (QED) is 0.616. The van der Waals surface area contributed by atoms with Crippen LogP contribution in [0, 0.1) is 0 Å². The molecule has 2 aromatic rings. The molecule has 3 rings (SSSR count). The van der Waals surface area contributed by atoms with Crippen LogP contribution >= 0.6 is 0 Å². The van der Waals surface area contributed by atoms with E-state index in [4.69, 9.17) is 9.47 Å². The summed E-state index contributed by atoms with van der Waals surface area (Å²) < 4.78 is 10.7. The molecule has 2 aromatic carbocycles. The summed E-state index contributed by atoms with van der Waals surface area (Å²) in [6.45, 7) is 3.63. The molecule has 1 saturated heterocycles. The molecule has 1 heterocycles. The molecule has 5 heteroatoms. The Bertz CT molecular complexity index is 794. The second-order valence-electron chi connectivity index (χ2n) is 7.75. The number of ether oxygens (including phenoxy) is 2. The molecule has 1 amide bonds. The van der Waals surface area contributed by atoms with E-state index in [1.165, 1.54) is 11.1 Å². The Morgan fingerprint density at radius 3 is 2.52 bits per heavy atom. The van der Waals surface area contributed by atoms with Crippen LogP contribution in [-0.4, -0.2) is 63.2 Å². The van der Waals surface area contributed by atoms with Crippen molar-refractivity contribution in [1.82, 2.24) is 9.80 Å². The maximum atomic E-state index is 12.3. The third-order valence-electron chi connectivity index (χ3n) is 5.68. The largest absolute Gasteiger partial charge is 0.493 e. The summed E-state index contributed by atoms with van der Waals surface area (Å²) in [6.07, 6.45) is 2.59. The SMILES string of the molecule is COc1ccc(CCN(C)CCCN2C[C@H](c3ccccc3)CC2=O)cc1OC. The van der Waals surface area contributed by atoms with Crippen LogP contribution in [-0.2, 0) is 11.2 Å². The van der Waals surface area contributed by atoms with Gasteiger partial charge in [0.05, 0.1) is 14.2 Å². The van der Waals surface area contributed by atoms with Gasteiger partial charge in [-0.05, 0) is 49.7 Å². The molecule has 1 atom stereocenters. The fourth-order valence-corrected chi connectivity index (χ4v) is 3.94. The van der Waals surface area contributed by atoms with Crippen LogP contribution in [0.4, 0.5) is 0 Å². The molecule has 0 N–H and O–H groups in total. The Balaban J connectivity index is 1.40. The summed E-state index contributed by atoms with van der Waals surface area (Å²) in [6, 6.07) is 16.5. The molecule has 0 aromatic heterocycles. The van der Waals surface area contributed by atoms with Crippen LogP contribution in [0.25, 0.3) is 0 Å². The summed E-state index contributed by atoms with van der Waals surface area (Å²) in [4.78, 5) is 16.7. The first-order valence-corrected chi connectivity index (χ1v) is 10.3. The molecule has 0 bridgehead atoms. The van der Waals surface area contributed by atoms with Crippen molar-refractivity contribution in [3.05, 3.63) is 59.7 Å². The summed E-state index contributed by atoms with van der Waals surface area (Å²) in [5.41, 5.74) is 2.50. The lowest BCUT2D eigenvalue weighted by Gasteiger charge is -2.20. The average molecular weight is 397 g/mol. The van der Waals surface area contributed by atoms with Crippen molar-refractivity contribution in [2.45, 2.75) is 25.2 Å². The van der Waals surface area contributed by atoms with E-state index in [-0.39, 0.29) is 5.91 Å². The van der Waals surface area contributed by atoms with Gasteiger partial charge in [-0.3, -0.25) is 4.79 Å². The van der Waals surface area contributed by atoms with Crippen molar-refractivity contribution in [2.75, 3.05) is 47.4 Å². The van der Waals surface area contributed by atoms with Gasteiger partial charge in [-0.15, -0.1) is 0 Å². The van der Waals surface area contributed by atoms with Crippen molar-refractivity contribution in [3.63, 3.8) is 0 Å². The number of rotatable bonds is 10. The summed E-state index contributed by atoms with van der Waals surface area (Å²) in [7, 11) is 5.45. The molecule has 5 nitrogen and oxygen atoms in total. The number of carbonyl (C=O) groups excluding carboxylic acids is 1.